The number of piperidine rings is 1. The minimum Gasteiger partial charge on any atom is -0.396 e. The molecule has 0 spiro atoms. The Hall–Kier alpha value is -0.940. The number of likely N-dealkylation sites (N-methyl/N-ethyl adjacent to an activating group) is 1. The minimum absolute atomic E-state index is 0.0533. The molecule has 5 heteroatoms. The van der Waals surface area contributed by atoms with Crippen LogP contribution in [0.3, 0.4) is 0 Å². The fraction of sp³-hybridized carbons (Fsp3) is 0.800. The van der Waals surface area contributed by atoms with Gasteiger partial charge in [0, 0.05) is 25.1 Å². The van der Waals surface area contributed by atoms with Crippen molar-refractivity contribution < 1.29 is 14.7 Å². The van der Waals surface area contributed by atoms with Crippen LogP contribution in [0.1, 0.15) is 6.92 Å². The highest BCUT2D eigenvalue weighted by atomic mass is 16.3. The van der Waals surface area contributed by atoms with E-state index in [-0.39, 0.29) is 42.2 Å². The van der Waals surface area contributed by atoms with Crippen LogP contribution in [-0.4, -0.2) is 48.1 Å². The lowest BCUT2D eigenvalue weighted by Gasteiger charge is -2.21. The lowest BCUT2D eigenvalue weighted by Crippen LogP contribution is -2.43. The number of rotatable bonds is 4. The van der Waals surface area contributed by atoms with Gasteiger partial charge in [-0.2, -0.15) is 0 Å². The van der Waals surface area contributed by atoms with Crippen LogP contribution < -0.4 is 5.32 Å². The van der Waals surface area contributed by atoms with Crippen molar-refractivity contribution in [2.75, 3.05) is 20.2 Å². The van der Waals surface area contributed by atoms with Gasteiger partial charge in [-0.05, 0) is 14.0 Å². The van der Waals surface area contributed by atoms with Crippen molar-refractivity contribution in [3.63, 3.8) is 0 Å². The van der Waals surface area contributed by atoms with Gasteiger partial charge in [-0.1, -0.05) is 0 Å². The summed E-state index contributed by atoms with van der Waals surface area (Å²) in [7, 11) is 1.80. The van der Waals surface area contributed by atoms with Crippen LogP contribution in [0.2, 0.25) is 0 Å². The SMILES string of the molecule is CNC(C)CN1C(=O)C2C(CO)C2C1=O. The molecular formula is C10H16N2O3. The predicted octanol–water partition coefficient (Wildman–Crippen LogP) is -1.18. The summed E-state index contributed by atoms with van der Waals surface area (Å²) in [6.07, 6.45) is 0. The lowest BCUT2D eigenvalue weighted by atomic mass is 10.2. The summed E-state index contributed by atoms with van der Waals surface area (Å²) >= 11 is 0. The van der Waals surface area contributed by atoms with Crippen LogP contribution in [0, 0.1) is 17.8 Å². The van der Waals surface area contributed by atoms with E-state index < -0.39 is 0 Å². The Morgan fingerprint density at radius 2 is 1.93 bits per heavy atom. The molecule has 2 aliphatic rings. The number of nitrogens with zero attached hydrogens (tertiary/aromatic N) is 1. The van der Waals surface area contributed by atoms with Crippen LogP contribution in [-0.2, 0) is 9.59 Å². The molecular weight excluding hydrogens is 196 g/mol. The van der Waals surface area contributed by atoms with E-state index in [0.29, 0.717) is 6.54 Å². The third kappa shape index (κ3) is 1.46. The summed E-state index contributed by atoms with van der Waals surface area (Å²) in [5, 5.41) is 11.9. The topological polar surface area (TPSA) is 69.6 Å². The molecule has 1 heterocycles. The zero-order chi connectivity index (χ0) is 11.2. The molecule has 3 unspecified atom stereocenters. The quantitative estimate of drug-likeness (QED) is 0.575. The van der Waals surface area contributed by atoms with Gasteiger partial charge in [0.1, 0.15) is 0 Å². The number of fused-ring (bicyclic) bond motifs is 1. The van der Waals surface area contributed by atoms with Crippen molar-refractivity contribution >= 4 is 11.8 Å². The fourth-order valence-corrected chi connectivity index (χ4v) is 2.29. The van der Waals surface area contributed by atoms with Gasteiger partial charge >= 0.3 is 0 Å². The molecule has 0 aromatic carbocycles. The summed E-state index contributed by atoms with van der Waals surface area (Å²) in [5.41, 5.74) is 0. The van der Waals surface area contributed by atoms with Gasteiger partial charge in [0.2, 0.25) is 11.8 Å². The molecule has 2 N–H and O–H groups in total. The van der Waals surface area contributed by atoms with Crippen LogP contribution >= 0.6 is 0 Å². The largest absolute Gasteiger partial charge is 0.396 e. The molecule has 1 saturated carbocycles. The van der Waals surface area contributed by atoms with E-state index in [1.54, 1.807) is 7.05 Å². The highest BCUT2D eigenvalue weighted by Crippen LogP contribution is 2.52. The number of aliphatic hydroxyl groups excluding tert-OH is 1. The highest BCUT2D eigenvalue weighted by Gasteiger charge is 2.66. The third-order valence-electron chi connectivity index (χ3n) is 3.43. The maximum absolute atomic E-state index is 11.7. The van der Waals surface area contributed by atoms with E-state index in [4.69, 9.17) is 5.11 Å². The standard InChI is InChI=1S/C10H16N2O3/c1-5(11-2)3-12-9(14)7-6(4-13)8(7)10(12)15/h5-8,11,13H,3-4H2,1-2H3. The zero-order valence-electron chi connectivity index (χ0n) is 8.93. The van der Waals surface area contributed by atoms with Crippen molar-refractivity contribution in [1.82, 2.24) is 10.2 Å². The Labute approximate surface area is 88.4 Å². The van der Waals surface area contributed by atoms with E-state index in [9.17, 15) is 9.59 Å². The summed E-state index contributed by atoms with van der Waals surface area (Å²) in [4.78, 5) is 24.8. The molecule has 1 aliphatic carbocycles. The number of likely N-dealkylation sites (tertiary alicyclic amines) is 1. The van der Waals surface area contributed by atoms with Crippen LogP contribution in [0.25, 0.3) is 0 Å². The van der Waals surface area contributed by atoms with Gasteiger partial charge < -0.3 is 10.4 Å². The smallest absolute Gasteiger partial charge is 0.233 e. The first-order valence-electron chi connectivity index (χ1n) is 5.25. The molecule has 0 bridgehead atoms. The first-order valence-corrected chi connectivity index (χ1v) is 5.25. The van der Waals surface area contributed by atoms with E-state index >= 15 is 0 Å². The number of carbonyl (C=O) groups is 2. The Balaban J connectivity index is 2.01. The van der Waals surface area contributed by atoms with Gasteiger partial charge in [0.05, 0.1) is 11.8 Å². The number of hydrogen-bond donors (Lipinski definition) is 2. The van der Waals surface area contributed by atoms with Crippen molar-refractivity contribution in [1.29, 1.82) is 0 Å². The molecule has 84 valence electrons. The molecule has 15 heavy (non-hydrogen) atoms. The van der Waals surface area contributed by atoms with Gasteiger partial charge in [-0.3, -0.25) is 14.5 Å². The molecule has 3 atom stereocenters. The minimum atomic E-state index is -0.230. The Bertz CT molecular complexity index is 283. The zero-order valence-corrected chi connectivity index (χ0v) is 8.93. The molecule has 0 radical (unpaired) electrons. The number of imide groups is 1. The number of amides is 2. The van der Waals surface area contributed by atoms with Crippen molar-refractivity contribution in [2.45, 2.75) is 13.0 Å². The summed E-state index contributed by atoms with van der Waals surface area (Å²) in [6.45, 7) is 2.30. The second-order valence-electron chi connectivity index (χ2n) is 4.37. The first kappa shape index (κ1) is 10.6. The molecule has 1 aliphatic heterocycles. The average molecular weight is 212 g/mol. The van der Waals surface area contributed by atoms with Crippen LogP contribution in [0.5, 0.6) is 0 Å². The summed E-state index contributed by atoms with van der Waals surface area (Å²) in [6, 6.07) is 0.114. The maximum atomic E-state index is 11.7. The molecule has 2 rings (SSSR count). The van der Waals surface area contributed by atoms with Crippen molar-refractivity contribution in [2.24, 2.45) is 17.8 Å². The Morgan fingerprint density at radius 3 is 2.33 bits per heavy atom. The van der Waals surface area contributed by atoms with Crippen molar-refractivity contribution in [3.8, 4) is 0 Å². The molecule has 5 nitrogen and oxygen atoms in total. The van der Waals surface area contributed by atoms with Gasteiger partial charge in [-0.15, -0.1) is 0 Å². The van der Waals surface area contributed by atoms with Gasteiger partial charge in [0.15, 0.2) is 0 Å². The highest BCUT2D eigenvalue weighted by molar-refractivity contribution is 6.09. The van der Waals surface area contributed by atoms with Gasteiger partial charge in [0.25, 0.3) is 0 Å². The first-order chi connectivity index (χ1) is 7.11. The van der Waals surface area contributed by atoms with E-state index in [1.165, 1.54) is 4.90 Å². The second kappa shape index (κ2) is 3.57. The molecule has 0 aromatic heterocycles. The molecule has 2 fully saturated rings. The van der Waals surface area contributed by atoms with Crippen molar-refractivity contribution in [3.05, 3.63) is 0 Å². The van der Waals surface area contributed by atoms with E-state index in [0.717, 1.165) is 0 Å². The Morgan fingerprint density at radius 1 is 1.40 bits per heavy atom. The molecule has 1 saturated heterocycles. The number of hydrogen-bond acceptors (Lipinski definition) is 4. The molecule has 2 amide bonds. The predicted molar refractivity (Wildman–Crippen MR) is 52.8 cm³/mol. The second-order valence-corrected chi connectivity index (χ2v) is 4.37. The summed E-state index contributed by atoms with van der Waals surface area (Å²) < 4.78 is 0. The molecule has 0 aromatic rings. The van der Waals surface area contributed by atoms with E-state index in [2.05, 4.69) is 5.32 Å². The summed E-state index contributed by atoms with van der Waals surface area (Å²) in [5.74, 6) is -0.776. The van der Waals surface area contributed by atoms with Crippen LogP contribution in [0.15, 0.2) is 0 Å². The monoisotopic (exact) mass is 212 g/mol. The van der Waals surface area contributed by atoms with E-state index in [1.807, 2.05) is 6.92 Å². The van der Waals surface area contributed by atoms with Gasteiger partial charge in [-0.25, -0.2) is 0 Å². The third-order valence-corrected chi connectivity index (χ3v) is 3.43. The normalized spacial score (nSPS) is 35.7. The average Bonchev–Trinajstić information content (AvgIpc) is 2.91. The Kier molecular flexibility index (Phi) is 2.52. The number of carbonyl (C=O) groups excluding carboxylic acids is 2. The fourth-order valence-electron chi connectivity index (χ4n) is 2.29. The van der Waals surface area contributed by atoms with Crippen LogP contribution in [0.4, 0.5) is 0 Å². The lowest BCUT2D eigenvalue weighted by molar-refractivity contribution is -0.142. The number of aliphatic hydroxyl groups is 1. The number of nitrogens with one attached hydrogen (secondary N) is 1. The maximum Gasteiger partial charge on any atom is 0.233 e.